The number of thioether (sulfide) groups is 1. The van der Waals surface area contributed by atoms with Crippen molar-refractivity contribution in [3.05, 3.63) is 17.5 Å². The highest BCUT2D eigenvalue weighted by atomic mass is 32.2. The van der Waals surface area contributed by atoms with Crippen LogP contribution in [0.15, 0.2) is 6.20 Å². The minimum absolute atomic E-state index is 0.159. The molecule has 2 heterocycles. The van der Waals surface area contributed by atoms with Crippen molar-refractivity contribution in [2.24, 2.45) is 7.05 Å². The zero-order chi connectivity index (χ0) is 15.0. The van der Waals surface area contributed by atoms with Crippen LogP contribution in [0.1, 0.15) is 43.2 Å². The molecule has 0 bridgehead atoms. The Bertz CT molecular complexity index is 499. The average Bonchev–Trinajstić information content (AvgIpc) is 2.92. The van der Waals surface area contributed by atoms with Gasteiger partial charge in [0.15, 0.2) is 0 Å². The Kier molecular flexibility index (Phi) is 4.16. The third kappa shape index (κ3) is 3.35. The van der Waals surface area contributed by atoms with Crippen molar-refractivity contribution in [1.29, 1.82) is 0 Å². The minimum atomic E-state index is -0.759. The molecule has 2 N–H and O–H groups in total. The molecule has 0 saturated carbocycles. The Hall–Kier alpha value is -1.01. The molecule has 1 amide bonds. The van der Waals surface area contributed by atoms with Crippen LogP contribution in [0.2, 0.25) is 0 Å². The van der Waals surface area contributed by atoms with E-state index in [4.69, 9.17) is 0 Å². The molecule has 1 aliphatic heterocycles. The van der Waals surface area contributed by atoms with Crippen LogP contribution in [0.25, 0.3) is 0 Å². The van der Waals surface area contributed by atoms with E-state index in [1.807, 2.05) is 27.8 Å². The molecular weight excluding hydrogens is 274 g/mol. The molecule has 0 aromatic carbocycles. The zero-order valence-electron chi connectivity index (χ0n) is 12.6. The van der Waals surface area contributed by atoms with E-state index in [1.54, 1.807) is 22.6 Å². The molecule has 1 fully saturated rings. The van der Waals surface area contributed by atoms with Gasteiger partial charge in [0.2, 0.25) is 0 Å². The summed E-state index contributed by atoms with van der Waals surface area (Å²) in [5, 5.41) is 17.5. The van der Waals surface area contributed by atoms with Crippen LogP contribution in [-0.2, 0) is 12.5 Å². The van der Waals surface area contributed by atoms with E-state index in [0.29, 0.717) is 17.9 Å². The largest absolute Gasteiger partial charge is 0.387 e. The maximum Gasteiger partial charge on any atom is 0.254 e. The van der Waals surface area contributed by atoms with Crippen LogP contribution >= 0.6 is 11.8 Å². The maximum atomic E-state index is 12.3. The zero-order valence-corrected chi connectivity index (χ0v) is 13.4. The second-order valence-electron chi connectivity index (χ2n) is 6.52. The van der Waals surface area contributed by atoms with Gasteiger partial charge in [0.1, 0.15) is 0 Å². The number of rotatable bonds is 3. The van der Waals surface area contributed by atoms with Gasteiger partial charge in [0.25, 0.3) is 5.91 Å². The predicted octanol–water partition coefficient (Wildman–Crippen LogP) is 1.32. The second-order valence-corrected chi connectivity index (χ2v) is 7.63. The first-order chi connectivity index (χ1) is 9.21. The van der Waals surface area contributed by atoms with Gasteiger partial charge in [0, 0.05) is 31.0 Å². The molecule has 5 nitrogen and oxygen atoms in total. The molecule has 0 spiro atoms. The number of carbonyl (C=O) groups is 1. The van der Waals surface area contributed by atoms with Crippen LogP contribution in [0.4, 0.5) is 0 Å². The van der Waals surface area contributed by atoms with Crippen molar-refractivity contribution >= 4 is 17.7 Å². The SMILES string of the molecule is Cn1cc(C(=O)NCC2(O)CCSC2)c(C(C)(C)C)n1. The summed E-state index contributed by atoms with van der Waals surface area (Å²) in [6.45, 7) is 6.41. The van der Waals surface area contributed by atoms with Gasteiger partial charge < -0.3 is 10.4 Å². The van der Waals surface area contributed by atoms with Crippen molar-refractivity contribution in [3.8, 4) is 0 Å². The van der Waals surface area contributed by atoms with E-state index < -0.39 is 5.60 Å². The molecule has 20 heavy (non-hydrogen) atoms. The molecule has 112 valence electrons. The first kappa shape index (κ1) is 15.4. The number of amides is 1. The van der Waals surface area contributed by atoms with Gasteiger partial charge in [-0.3, -0.25) is 9.48 Å². The first-order valence-corrected chi connectivity index (χ1v) is 7.99. The predicted molar refractivity (Wildman–Crippen MR) is 81.1 cm³/mol. The Morgan fingerprint density at radius 2 is 2.30 bits per heavy atom. The quantitative estimate of drug-likeness (QED) is 0.883. The molecule has 1 aromatic heterocycles. The lowest BCUT2D eigenvalue weighted by molar-refractivity contribution is 0.0612. The summed E-state index contributed by atoms with van der Waals surface area (Å²) in [4.78, 5) is 12.3. The van der Waals surface area contributed by atoms with Crippen molar-refractivity contribution in [3.63, 3.8) is 0 Å². The number of aliphatic hydroxyl groups is 1. The molecule has 0 aliphatic carbocycles. The van der Waals surface area contributed by atoms with Crippen LogP contribution in [0.5, 0.6) is 0 Å². The summed E-state index contributed by atoms with van der Waals surface area (Å²) in [6.07, 6.45) is 2.47. The van der Waals surface area contributed by atoms with Crippen molar-refractivity contribution in [1.82, 2.24) is 15.1 Å². The fourth-order valence-electron chi connectivity index (χ4n) is 2.28. The fourth-order valence-corrected chi connectivity index (χ4v) is 3.58. The number of nitrogens with zero attached hydrogens (tertiary/aromatic N) is 2. The van der Waals surface area contributed by atoms with Crippen LogP contribution < -0.4 is 5.32 Å². The molecule has 0 radical (unpaired) electrons. The Morgan fingerprint density at radius 1 is 1.60 bits per heavy atom. The summed E-state index contributed by atoms with van der Waals surface area (Å²) >= 11 is 1.72. The van der Waals surface area contributed by atoms with Crippen LogP contribution in [-0.4, -0.2) is 44.4 Å². The van der Waals surface area contributed by atoms with Gasteiger partial charge in [-0.15, -0.1) is 0 Å². The number of nitrogens with one attached hydrogen (secondary N) is 1. The summed E-state index contributed by atoms with van der Waals surface area (Å²) in [5.41, 5.74) is 0.429. The maximum absolute atomic E-state index is 12.3. The van der Waals surface area contributed by atoms with E-state index in [9.17, 15) is 9.90 Å². The van der Waals surface area contributed by atoms with E-state index in [-0.39, 0.29) is 11.3 Å². The van der Waals surface area contributed by atoms with Gasteiger partial charge in [-0.2, -0.15) is 16.9 Å². The van der Waals surface area contributed by atoms with Gasteiger partial charge >= 0.3 is 0 Å². The lowest BCUT2D eigenvalue weighted by atomic mass is 9.89. The highest BCUT2D eigenvalue weighted by molar-refractivity contribution is 7.99. The van der Waals surface area contributed by atoms with E-state index in [1.165, 1.54) is 0 Å². The summed E-state index contributed by atoms with van der Waals surface area (Å²) < 4.78 is 1.66. The number of carbonyl (C=O) groups excluding carboxylic acids is 1. The van der Waals surface area contributed by atoms with Crippen LogP contribution in [0, 0.1) is 0 Å². The topological polar surface area (TPSA) is 67.2 Å². The van der Waals surface area contributed by atoms with Gasteiger partial charge in [0.05, 0.1) is 16.9 Å². The van der Waals surface area contributed by atoms with Gasteiger partial charge in [-0.25, -0.2) is 0 Å². The average molecular weight is 297 g/mol. The standard InChI is InChI=1S/C14H23N3O2S/c1-13(2,3)11-10(7-17(4)16-11)12(18)15-8-14(19)5-6-20-9-14/h7,19H,5-6,8-9H2,1-4H3,(H,15,18). The molecule has 6 heteroatoms. The summed E-state index contributed by atoms with van der Waals surface area (Å²) in [6, 6.07) is 0. The summed E-state index contributed by atoms with van der Waals surface area (Å²) in [5.74, 6) is 1.48. The molecule has 1 unspecified atom stereocenters. The molecule has 2 rings (SSSR count). The van der Waals surface area contributed by atoms with Crippen molar-refractivity contribution in [2.45, 2.75) is 38.2 Å². The molecular formula is C14H23N3O2S. The second kappa shape index (κ2) is 5.41. The third-order valence-electron chi connectivity index (χ3n) is 3.44. The molecule has 1 atom stereocenters. The third-order valence-corrected chi connectivity index (χ3v) is 4.68. The van der Waals surface area contributed by atoms with Crippen LogP contribution in [0.3, 0.4) is 0 Å². The van der Waals surface area contributed by atoms with E-state index in [2.05, 4.69) is 10.4 Å². The van der Waals surface area contributed by atoms with Gasteiger partial charge in [-0.05, 0) is 12.2 Å². The Morgan fingerprint density at radius 3 is 2.85 bits per heavy atom. The number of hydrogen-bond acceptors (Lipinski definition) is 4. The van der Waals surface area contributed by atoms with Crippen molar-refractivity contribution in [2.75, 3.05) is 18.1 Å². The highest BCUT2D eigenvalue weighted by Gasteiger charge is 2.33. The highest BCUT2D eigenvalue weighted by Crippen LogP contribution is 2.27. The van der Waals surface area contributed by atoms with Gasteiger partial charge in [-0.1, -0.05) is 20.8 Å². The normalized spacial score (nSPS) is 23.1. The number of hydrogen-bond donors (Lipinski definition) is 2. The lowest BCUT2D eigenvalue weighted by Gasteiger charge is -2.22. The molecule has 1 aliphatic rings. The number of aryl methyl sites for hydroxylation is 1. The molecule has 1 aromatic rings. The Labute approximate surface area is 124 Å². The monoisotopic (exact) mass is 297 g/mol. The summed E-state index contributed by atoms with van der Waals surface area (Å²) in [7, 11) is 1.81. The fraction of sp³-hybridized carbons (Fsp3) is 0.714. The minimum Gasteiger partial charge on any atom is -0.387 e. The van der Waals surface area contributed by atoms with E-state index in [0.717, 1.165) is 17.9 Å². The Balaban J connectivity index is 2.09. The first-order valence-electron chi connectivity index (χ1n) is 6.84. The smallest absolute Gasteiger partial charge is 0.254 e. The lowest BCUT2D eigenvalue weighted by Crippen LogP contribution is -2.43. The number of aromatic nitrogens is 2. The molecule has 1 saturated heterocycles. The van der Waals surface area contributed by atoms with E-state index >= 15 is 0 Å². The van der Waals surface area contributed by atoms with Crippen molar-refractivity contribution < 1.29 is 9.90 Å².